The molecule has 0 spiro atoms. The molecule has 1 atom stereocenters. The molecule has 0 bridgehead atoms. The number of guanidine groups is 1. The Kier molecular flexibility index (Phi) is 5.51. The molecule has 118 valence electrons. The molecule has 0 aromatic rings. The molecule has 0 radical (unpaired) electrons. The van der Waals surface area contributed by atoms with Gasteiger partial charge in [0.05, 0.1) is 6.04 Å². The van der Waals surface area contributed by atoms with Crippen molar-refractivity contribution >= 4 is 5.96 Å². The van der Waals surface area contributed by atoms with Gasteiger partial charge in [-0.15, -0.1) is 0 Å². The van der Waals surface area contributed by atoms with E-state index in [0.29, 0.717) is 11.5 Å². The SMILES string of the molecule is CCC(C)N=C1N(C)CCN1CC(C)(C)C(C)(C)CC. The number of hydrogen-bond acceptors (Lipinski definition) is 1. The highest BCUT2D eigenvalue weighted by atomic mass is 15.4. The van der Waals surface area contributed by atoms with Crippen molar-refractivity contribution in [1.29, 1.82) is 0 Å². The van der Waals surface area contributed by atoms with Gasteiger partial charge in [0.25, 0.3) is 0 Å². The molecule has 1 unspecified atom stereocenters. The van der Waals surface area contributed by atoms with Crippen molar-refractivity contribution in [3.63, 3.8) is 0 Å². The van der Waals surface area contributed by atoms with Crippen molar-refractivity contribution in [2.45, 2.75) is 67.3 Å². The zero-order valence-corrected chi connectivity index (χ0v) is 15.0. The van der Waals surface area contributed by atoms with Gasteiger partial charge in [-0.3, -0.25) is 0 Å². The summed E-state index contributed by atoms with van der Waals surface area (Å²) in [4.78, 5) is 9.71. The fourth-order valence-corrected chi connectivity index (χ4v) is 2.50. The molecule has 0 aromatic carbocycles. The molecule has 20 heavy (non-hydrogen) atoms. The van der Waals surface area contributed by atoms with Crippen LogP contribution in [0.15, 0.2) is 4.99 Å². The maximum atomic E-state index is 4.92. The summed E-state index contributed by atoms with van der Waals surface area (Å²) in [5.41, 5.74) is 0.624. The van der Waals surface area contributed by atoms with Crippen molar-refractivity contribution < 1.29 is 0 Å². The molecular formula is C17H35N3. The highest BCUT2D eigenvalue weighted by Crippen LogP contribution is 2.42. The molecule has 0 amide bonds. The van der Waals surface area contributed by atoms with Crippen LogP contribution in [0.5, 0.6) is 0 Å². The minimum atomic E-state index is 0.281. The summed E-state index contributed by atoms with van der Waals surface area (Å²) in [7, 11) is 2.17. The summed E-state index contributed by atoms with van der Waals surface area (Å²) in [5.74, 6) is 1.19. The monoisotopic (exact) mass is 281 g/mol. The molecule has 1 heterocycles. The molecule has 0 saturated carbocycles. The predicted molar refractivity (Wildman–Crippen MR) is 89.2 cm³/mol. The molecule has 1 saturated heterocycles. The lowest BCUT2D eigenvalue weighted by atomic mass is 9.66. The first-order chi connectivity index (χ1) is 9.14. The van der Waals surface area contributed by atoms with Crippen LogP contribution < -0.4 is 0 Å². The van der Waals surface area contributed by atoms with E-state index in [0.717, 1.165) is 26.1 Å². The van der Waals surface area contributed by atoms with Crippen LogP contribution in [0.25, 0.3) is 0 Å². The standard InChI is InChI=1S/C17H35N3/c1-9-14(3)18-15-19(8)11-12-20(15)13-17(6,7)16(4,5)10-2/h14H,9-13H2,1-8H3. The Hall–Kier alpha value is -0.730. The van der Waals surface area contributed by atoms with Crippen LogP contribution in [0.1, 0.15) is 61.3 Å². The first-order valence-electron chi connectivity index (χ1n) is 8.18. The Morgan fingerprint density at radius 2 is 1.70 bits per heavy atom. The van der Waals surface area contributed by atoms with E-state index in [-0.39, 0.29) is 5.41 Å². The van der Waals surface area contributed by atoms with Crippen molar-refractivity contribution in [1.82, 2.24) is 9.80 Å². The van der Waals surface area contributed by atoms with Gasteiger partial charge < -0.3 is 9.80 Å². The number of rotatable bonds is 6. The third-order valence-electron chi connectivity index (χ3n) is 5.56. The molecule has 1 rings (SSSR count). The van der Waals surface area contributed by atoms with E-state index in [4.69, 9.17) is 4.99 Å². The third kappa shape index (κ3) is 3.67. The van der Waals surface area contributed by atoms with E-state index in [1.807, 2.05) is 0 Å². The lowest BCUT2D eigenvalue weighted by Gasteiger charge is -2.44. The molecule has 1 fully saturated rings. The second kappa shape index (κ2) is 6.36. The molecule has 3 heteroatoms. The van der Waals surface area contributed by atoms with Crippen LogP contribution in [-0.2, 0) is 0 Å². The Bertz CT molecular complexity index is 344. The van der Waals surface area contributed by atoms with Crippen molar-refractivity contribution in [3.05, 3.63) is 0 Å². The van der Waals surface area contributed by atoms with Crippen LogP contribution >= 0.6 is 0 Å². The van der Waals surface area contributed by atoms with Gasteiger partial charge in [0.2, 0.25) is 0 Å². The molecule has 0 aromatic heterocycles. The average Bonchev–Trinajstić information content (AvgIpc) is 2.70. The van der Waals surface area contributed by atoms with Gasteiger partial charge in [0.15, 0.2) is 5.96 Å². The molecule has 0 aliphatic carbocycles. The number of hydrogen-bond donors (Lipinski definition) is 0. The van der Waals surface area contributed by atoms with Crippen molar-refractivity contribution in [2.75, 3.05) is 26.7 Å². The minimum absolute atomic E-state index is 0.281. The molecule has 1 aliphatic heterocycles. The summed E-state index contributed by atoms with van der Waals surface area (Å²) in [6.45, 7) is 19.6. The number of likely N-dealkylation sites (N-methyl/N-ethyl adjacent to an activating group) is 1. The van der Waals surface area contributed by atoms with Gasteiger partial charge in [-0.2, -0.15) is 0 Å². The quantitative estimate of drug-likeness (QED) is 0.736. The third-order valence-corrected chi connectivity index (χ3v) is 5.56. The summed E-state index contributed by atoms with van der Waals surface area (Å²) in [6, 6.07) is 0.412. The molecule has 0 N–H and O–H groups in total. The molecule has 3 nitrogen and oxygen atoms in total. The zero-order valence-electron chi connectivity index (χ0n) is 15.0. The second-order valence-electron chi connectivity index (χ2n) is 7.65. The molecular weight excluding hydrogens is 246 g/mol. The van der Waals surface area contributed by atoms with Crippen LogP contribution in [0, 0.1) is 10.8 Å². The fraction of sp³-hybridized carbons (Fsp3) is 0.941. The van der Waals surface area contributed by atoms with Crippen LogP contribution in [0.4, 0.5) is 0 Å². The van der Waals surface area contributed by atoms with Gasteiger partial charge in [0.1, 0.15) is 0 Å². The van der Waals surface area contributed by atoms with E-state index in [1.54, 1.807) is 0 Å². The normalized spacial score (nSPS) is 20.9. The van der Waals surface area contributed by atoms with Gasteiger partial charge in [-0.1, -0.05) is 48.0 Å². The first-order valence-corrected chi connectivity index (χ1v) is 8.18. The van der Waals surface area contributed by atoms with Gasteiger partial charge in [-0.05, 0) is 24.2 Å². The first kappa shape index (κ1) is 17.3. The van der Waals surface area contributed by atoms with Crippen LogP contribution in [0.3, 0.4) is 0 Å². The Morgan fingerprint density at radius 3 is 2.20 bits per heavy atom. The number of aliphatic imine (C=N–C) groups is 1. The Morgan fingerprint density at radius 1 is 1.10 bits per heavy atom. The lowest BCUT2D eigenvalue weighted by Crippen LogP contribution is -2.45. The van der Waals surface area contributed by atoms with E-state index < -0.39 is 0 Å². The minimum Gasteiger partial charge on any atom is -0.344 e. The summed E-state index contributed by atoms with van der Waals surface area (Å²) < 4.78 is 0. The van der Waals surface area contributed by atoms with E-state index >= 15 is 0 Å². The van der Waals surface area contributed by atoms with Gasteiger partial charge in [0, 0.05) is 26.7 Å². The number of nitrogens with zero attached hydrogens (tertiary/aromatic N) is 3. The molecule has 1 aliphatic rings. The summed E-state index contributed by atoms with van der Waals surface area (Å²) >= 11 is 0. The van der Waals surface area contributed by atoms with E-state index in [9.17, 15) is 0 Å². The van der Waals surface area contributed by atoms with Crippen molar-refractivity contribution in [2.24, 2.45) is 15.8 Å². The van der Waals surface area contributed by atoms with Gasteiger partial charge in [-0.25, -0.2) is 4.99 Å². The summed E-state index contributed by atoms with van der Waals surface area (Å²) in [5, 5.41) is 0. The maximum Gasteiger partial charge on any atom is 0.196 e. The van der Waals surface area contributed by atoms with Gasteiger partial charge >= 0.3 is 0 Å². The van der Waals surface area contributed by atoms with Crippen LogP contribution in [0.2, 0.25) is 0 Å². The lowest BCUT2D eigenvalue weighted by molar-refractivity contribution is 0.0789. The largest absolute Gasteiger partial charge is 0.344 e. The maximum absolute atomic E-state index is 4.92. The Labute approximate surface area is 126 Å². The Balaban J connectivity index is 2.88. The van der Waals surface area contributed by atoms with Crippen molar-refractivity contribution in [3.8, 4) is 0 Å². The predicted octanol–water partition coefficient (Wildman–Crippen LogP) is 3.85. The topological polar surface area (TPSA) is 18.8 Å². The smallest absolute Gasteiger partial charge is 0.196 e. The average molecular weight is 281 g/mol. The fourth-order valence-electron chi connectivity index (χ4n) is 2.50. The van der Waals surface area contributed by atoms with E-state index in [1.165, 1.54) is 12.4 Å². The summed E-state index contributed by atoms with van der Waals surface area (Å²) in [6.07, 6.45) is 2.32. The highest BCUT2D eigenvalue weighted by molar-refractivity contribution is 5.82. The van der Waals surface area contributed by atoms with E-state index in [2.05, 4.69) is 65.3 Å². The zero-order chi connectivity index (χ0) is 15.6. The second-order valence-corrected chi connectivity index (χ2v) is 7.65. The van der Waals surface area contributed by atoms with Crippen LogP contribution in [-0.4, -0.2) is 48.5 Å². The highest BCUT2D eigenvalue weighted by Gasteiger charge is 2.39.